The van der Waals surface area contributed by atoms with Crippen LogP contribution in [0.15, 0.2) is 45.4 Å². The number of hydrogen-bond donors (Lipinski definition) is 0. The van der Waals surface area contributed by atoms with Gasteiger partial charge in [-0.2, -0.15) is 0 Å². The Bertz CT molecular complexity index is 484. The Morgan fingerprint density at radius 2 is 1.90 bits per heavy atom. The molecule has 0 radical (unpaired) electrons. The maximum Gasteiger partial charge on any atom is -1.00 e. The fraction of sp³-hybridized carbons (Fsp3) is 0.529. The van der Waals surface area contributed by atoms with Gasteiger partial charge in [0, 0.05) is 0 Å². The molecule has 0 heterocycles. The summed E-state index contributed by atoms with van der Waals surface area (Å²) in [5, 5.41) is 0. The van der Waals surface area contributed by atoms with Gasteiger partial charge in [-0.1, -0.05) is 0 Å². The Labute approximate surface area is 153 Å². The SMILES string of the molecule is CC1=CC=CCC1(CC1=[C]([Ti+2])CC=C1)OC(C)(C)C.[Cl-].[Cl-]. The second-order valence-corrected chi connectivity index (χ2v) is 7.42. The van der Waals surface area contributed by atoms with E-state index < -0.39 is 0 Å². The van der Waals surface area contributed by atoms with Crippen LogP contribution in [0, 0.1) is 0 Å². The van der Waals surface area contributed by atoms with Crippen LogP contribution in [0.5, 0.6) is 0 Å². The molecule has 0 amide bonds. The van der Waals surface area contributed by atoms with Crippen LogP contribution in [0.2, 0.25) is 0 Å². The van der Waals surface area contributed by atoms with E-state index in [0.29, 0.717) is 0 Å². The van der Waals surface area contributed by atoms with Gasteiger partial charge in [-0.25, -0.2) is 0 Å². The van der Waals surface area contributed by atoms with Gasteiger partial charge in [0.2, 0.25) is 0 Å². The first-order chi connectivity index (χ1) is 8.82. The summed E-state index contributed by atoms with van der Waals surface area (Å²) in [6.45, 7) is 8.63. The molecule has 2 aliphatic rings. The first-order valence-corrected chi connectivity index (χ1v) is 7.75. The number of hydrogen-bond acceptors (Lipinski definition) is 1. The van der Waals surface area contributed by atoms with E-state index in [2.05, 4.69) is 78.5 Å². The Hall–Kier alpha value is 0.214. The van der Waals surface area contributed by atoms with Gasteiger partial charge in [-0.3, -0.25) is 0 Å². The average Bonchev–Trinajstić information content (AvgIpc) is 2.67. The smallest absolute Gasteiger partial charge is 1.00 e. The molecular weight excluding hydrogens is 339 g/mol. The predicted molar refractivity (Wildman–Crippen MR) is 76.5 cm³/mol. The maximum atomic E-state index is 6.50. The van der Waals surface area contributed by atoms with Gasteiger partial charge >= 0.3 is 129 Å². The summed E-state index contributed by atoms with van der Waals surface area (Å²) in [5.41, 5.74) is 2.49. The number of rotatable bonds is 3. The topological polar surface area (TPSA) is 9.23 Å². The zero-order valence-corrected chi connectivity index (χ0v) is 16.2. The molecule has 0 aromatic carbocycles. The van der Waals surface area contributed by atoms with Crippen LogP contribution in [0.4, 0.5) is 0 Å². The van der Waals surface area contributed by atoms with Gasteiger partial charge in [0.15, 0.2) is 0 Å². The summed E-state index contributed by atoms with van der Waals surface area (Å²) < 4.78 is 7.99. The summed E-state index contributed by atoms with van der Waals surface area (Å²) in [6, 6.07) is 0. The molecule has 0 aromatic heterocycles. The Morgan fingerprint density at radius 3 is 2.38 bits per heavy atom. The first-order valence-electron chi connectivity index (χ1n) is 6.97. The molecule has 0 bridgehead atoms. The third-order valence-electron chi connectivity index (χ3n) is 3.65. The van der Waals surface area contributed by atoms with Gasteiger partial charge in [-0.05, 0) is 0 Å². The molecular formula is C17H23Cl2OTi. The first kappa shape index (κ1) is 21.2. The van der Waals surface area contributed by atoms with Gasteiger partial charge in [0.1, 0.15) is 0 Å². The van der Waals surface area contributed by atoms with Crippen molar-refractivity contribution >= 4 is 0 Å². The van der Waals surface area contributed by atoms with Crippen molar-refractivity contribution in [2.75, 3.05) is 0 Å². The van der Waals surface area contributed by atoms with Crippen molar-refractivity contribution in [1.29, 1.82) is 0 Å². The minimum Gasteiger partial charge on any atom is -1.00 e. The van der Waals surface area contributed by atoms with Crippen LogP contribution in [0.1, 0.15) is 47.0 Å². The van der Waals surface area contributed by atoms with E-state index in [-0.39, 0.29) is 36.0 Å². The van der Waals surface area contributed by atoms with E-state index in [9.17, 15) is 0 Å². The molecule has 0 aromatic rings. The molecule has 21 heavy (non-hydrogen) atoms. The zero-order valence-electron chi connectivity index (χ0n) is 13.2. The Balaban J connectivity index is 0.00000200. The standard InChI is InChI=1S/C17H23O.2ClH.Ti/c1-14-9-7-8-12-17(14,18-16(2,3)4)13-15-10-5-6-11-15;;;/h5,7-10H,6,12-13H2,1-4H3;2*1H;/q;;;+2/p-2. The summed E-state index contributed by atoms with van der Waals surface area (Å²) in [4.78, 5) is 0. The molecule has 0 saturated heterocycles. The van der Waals surface area contributed by atoms with E-state index in [1.54, 1.807) is 0 Å². The molecule has 0 N–H and O–H groups in total. The van der Waals surface area contributed by atoms with Crippen molar-refractivity contribution in [2.24, 2.45) is 0 Å². The molecule has 1 atom stereocenters. The molecule has 0 aliphatic heterocycles. The molecule has 0 saturated carbocycles. The van der Waals surface area contributed by atoms with Gasteiger partial charge in [-0.15, -0.1) is 0 Å². The Kier molecular flexibility index (Phi) is 8.26. The second kappa shape index (κ2) is 8.17. The summed E-state index contributed by atoms with van der Waals surface area (Å²) in [7, 11) is 0. The third kappa shape index (κ3) is 5.41. The molecule has 2 aliphatic carbocycles. The molecule has 2 rings (SSSR count). The van der Waals surface area contributed by atoms with E-state index in [1.165, 1.54) is 15.0 Å². The average molecular weight is 362 g/mol. The van der Waals surface area contributed by atoms with Crippen molar-refractivity contribution in [3.63, 3.8) is 0 Å². The van der Waals surface area contributed by atoms with Crippen molar-refractivity contribution in [1.82, 2.24) is 0 Å². The Morgan fingerprint density at radius 1 is 1.24 bits per heavy atom. The molecule has 0 spiro atoms. The minimum absolute atomic E-state index is 0. The van der Waals surface area contributed by atoms with Crippen LogP contribution < -0.4 is 24.8 Å². The van der Waals surface area contributed by atoms with Gasteiger partial charge < -0.3 is 24.8 Å². The van der Waals surface area contributed by atoms with Gasteiger partial charge in [0.25, 0.3) is 0 Å². The monoisotopic (exact) mass is 361 g/mol. The van der Waals surface area contributed by atoms with Crippen LogP contribution in [-0.2, 0) is 25.2 Å². The fourth-order valence-corrected chi connectivity index (χ4v) is 3.22. The summed E-state index contributed by atoms with van der Waals surface area (Å²) >= 11 is 2.23. The quantitative estimate of drug-likeness (QED) is 0.562. The van der Waals surface area contributed by atoms with E-state index in [1.807, 2.05) is 0 Å². The van der Waals surface area contributed by atoms with Crippen molar-refractivity contribution in [3.05, 3.63) is 45.4 Å². The van der Waals surface area contributed by atoms with Crippen LogP contribution >= 0.6 is 0 Å². The van der Waals surface area contributed by atoms with Gasteiger partial charge in [0.05, 0.1) is 0 Å². The van der Waals surface area contributed by atoms with Crippen LogP contribution in [0.3, 0.4) is 0 Å². The predicted octanol–water partition coefficient (Wildman–Crippen LogP) is -1.39. The third-order valence-corrected chi connectivity index (χ3v) is 4.47. The van der Waals surface area contributed by atoms with E-state index in [4.69, 9.17) is 4.74 Å². The normalized spacial score (nSPS) is 24.6. The molecule has 4 heteroatoms. The van der Waals surface area contributed by atoms with Crippen LogP contribution in [0.25, 0.3) is 0 Å². The number of ether oxygens (including phenoxy) is 1. The summed E-state index contributed by atoms with van der Waals surface area (Å²) in [5.74, 6) is 0. The second-order valence-electron chi connectivity index (χ2n) is 6.48. The minimum atomic E-state index is -0.168. The van der Waals surface area contributed by atoms with E-state index in [0.717, 1.165) is 19.3 Å². The molecule has 0 fully saturated rings. The van der Waals surface area contributed by atoms with Crippen molar-refractivity contribution in [2.45, 2.75) is 58.2 Å². The largest absolute Gasteiger partial charge is 1.00 e. The number of allylic oxidation sites excluding steroid dienone is 5. The molecule has 1 unspecified atom stereocenters. The van der Waals surface area contributed by atoms with Crippen molar-refractivity contribution in [3.8, 4) is 0 Å². The maximum absolute atomic E-state index is 6.50. The summed E-state index contributed by atoms with van der Waals surface area (Å²) in [6.07, 6.45) is 14.2. The number of halogens is 2. The fourth-order valence-electron chi connectivity index (χ4n) is 2.76. The molecule has 1 nitrogen and oxygen atoms in total. The van der Waals surface area contributed by atoms with Crippen molar-refractivity contribution < 1.29 is 50.0 Å². The molecule has 115 valence electrons. The van der Waals surface area contributed by atoms with Crippen LogP contribution in [-0.4, -0.2) is 11.2 Å². The zero-order chi connectivity index (χ0) is 14.1. The van der Waals surface area contributed by atoms with E-state index >= 15 is 0 Å².